The number of thiophene rings is 2. The Bertz CT molecular complexity index is 1600. The number of hydrogen-bond donors (Lipinski definition) is 0. The molecule has 0 unspecified atom stereocenters. The number of fused-ring (bicyclic) bond motifs is 9. The highest BCUT2D eigenvalue weighted by Gasteiger charge is 2.22. The molecule has 0 N–H and O–H groups in total. The normalized spacial score (nSPS) is 12.6. The highest BCUT2D eigenvalue weighted by molar-refractivity contribution is 7.20. The van der Waals surface area contributed by atoms with Gasteiger partial charge in [0.1, 0.15) is 0 Å². The van der Waals surface area contributed by atoms with Crippen LogP contribution in [0.3, 0.4) is 0 Å². The lowest BCUT2D eigenvalue weighted by Crippen LogP contribution is -1.99. The number of hydrogen-bond acceptors (Lipinski definition) is 4. The summed E-state index contributed by atoms with van der Waals surface area (Å²) in [5.41, 5.74) is 2.33. The van der Waals surface area contributed by atoms with Gasteiger partial charge in [-0.3, -0.25) is 9.59 Å². The first kappa shape index (κ1) is 16.4. The summed E-state index contributed by atoms with van der Waals surface area (Å²) in [5, 5.41) is 7.13. The van der Waals surface area contributed by atoms with Gasteiger partial charge < -0.3 is 0 Å². The summed E-state index contributed by atoms with van der Waals surface area (Å²) >= 11 is 3.37. The van der Waals surface area contributed by atoms with Crippen LogP contribution in [0.15, 0.2) is 33.9 Å². The molecule has 28 heavy (non-hydrogen) atoms. The molecular formula is C24H16O2S2. The molecule has 0 spiro atoms. The molecule has 0 aliphatic rings. The van der Waals surface area contributed by atoms with Gasteiger partial charge in [-0.05, 0) is 73.9 Å². The van der Waals surface area contributed by atoms with E-state index in [4.69, 9.17) is 0 Å². The number of benzene rings is 2. The van der Waals surface area contributed by atoms with Crippen LogP contribution in [0.5, 0.6) is 0 Å². The van der Waals surface area contributed by atoms with E-state index in [0.717, 1.165) is 73.4 Å². The first-order valence-electron chi connectivity index (χ1n) is 9.28. The summed E-state index contributed by atoms with van der Waals surface area (Å²) in [5.74, 6) is 0. The van der Waals surface area contributed by atoms with Crippen molar-refractivity contribution in [2.75, 3.05) is 0 Å². The minimum absolute atomic E-state index is 0.0958. The molecular weight excluding hydrogens is 384 g/mol. The summed E-state index contributed by atoms with van der Waals surface area (Å²) < 4.78 is 2.16. The Kier molecular flexibility index (Phi) is 2.97. The van der Waals surface area contributed by atoms with Crippen LogP contribution < -0.4 is 10.9 Å². The van der Waals surface area contributed by atoms with Gasteiger partial charge in [0.05, 0.1) is 0 Å². The zero-order valence-electron chi connectivity index (χ0n) is 15.9. The van der Waals surface area contributed by atoms with E-state index in [-0.39, 0.29) is 10.9 Å². The van der Waals surface area contributed by atoms with Gasteiger partial charge in [-0.25, -0.2) is 0 Å². The molecule has 0 aliphatic heterocycles. The van der Waals surface area contributed by atoms with E-state index >= 15 is 0 Å². The van der Waals surface area contributed by atoms with Crippen LogP contribution in [-0.2, 0) is 0 Å². The Morgan fingerprint density at radius 3 is 1.32 bits per heavy atom. The van der Waals surface area contributed by atoms with E-state index in [1.165, 1.54) is 0 Å². The van der Waals surface area contributed by atoms with Gasteiger partial charge in [-0.15, -0.1) is 22.7 Å². The van der Waals surface area contributed by atoms with E-state index in [2.05, 4.69) is 26.0 Å². The van der Waals surface area contributed by atoms with E-state index in [9.17, 15) is 9.59 Å². The molecule has 0 saturated heterocycles. The summed E-state index contributed by atoms with van der Waals surface area (Å²) in [6, 6.07) is 8.23. The van der Waals surface area contributed by atoms with Crippen molar-refractivity contribution in [1.82, 2.24) is 0 Å². The van der Waals surface area contributed by atoms with Crippen molar-refractivity contribution in [3.63, 3.8) is 0 Å². The Hall–Kier alpha value is -2.56. The maximum absolute atomic E-state index is 13.3. The maximum Gasteiger partial charge on any atom is 0.195 e. The minimum atomic E-state index is 0.0958. The smallest absolute Gasteiger partial charge is 0.195 e. The Balaban J connectivity index is 1.97. The fourth-order valence-corrected chi connectivity index (χ4v) is 7.12. The summed E-state index contributed by atoms with van der Waals surface area (Å²) in [4.78, 5) is 28.9. The second-order valence-corrected chi connectivity index (χ2v) is 10.4. The largest absolute Gasteiger partial charge is 0.289 e. The van der Waals surface area contributed by atoms with Crippen LogP contribution in [0.2, 0.25) is 0 Å². The summed E-state index contributed by atoms with van der Waals surface area (Å²) in [6.07, 6.45) is 0. The van der Waals surface area contributed by atoms with Gasteiger partial charge >= 0.3 is 0 Å². The predicted molar refractivity (Wildman–Crippen MR) is 124 cm³/mol. The standard InChI is InChI=1S/C24H16O2S2/c1-9-5-13-14(19-17(9)23-15(21(19)25)7-11(3)27-23)6-10(2)18-20(13)22(26)16-8-12(4)28-24(16)18/h5-8H,1-4H3. The van der Waals surface area contributed by atoms with Gasteiger partial charge in [0, 0.05) is 51.5 Å². The van der Waals surface area contributed by atoms with Crippen LogP contribution in [0.25, 0.3) is 52.5 Å². The molecule has 4 heteroatoms. The van der Waals surface area contributed by atoms with E-state index in [1.54, 1.807) is 22.7 Å². The molecule has 0 bridgehead atoms. The predicted octanol–water partition coefficient (Wildman–Crippen LogP) is 6.41. The average molecular weight is 401 g/mol. The topological polar surface area (TPSA) is 34.1 Å². The fourth-order valence-electron chi connectivity index (χ4n) is 4.87. The number of rotatable bonds is 0. The molecule has 6 rings (SSSR count). The number of aryl methyl sites for hydroxylation is 4. The van der Waals surface area contributed by atoms with Crippen LogP contribution in [0, 0.1) is 27.7 Å². The molecule has 4 aromatic carbocycles. The maximum atomic E-state index is 13.3. The van der Waals surface area contributed by atoms with E-state index in [1.807, 2.05) is 26.0 Å². The Morgan fingerprint density at radius 1 is 0.536 bits per heavy atom. The summed E-state index contributed by atoms with van der Waals surface area (Å²) in [6.45, 7) is 8.20. The van der Waals surface area contributed by atoms with Crippen molar-refractivity contribution in [2.45, 2.75) is 27.7 Å². The quantitative estimate of drug-likeness (QED) is 0.295. The van der Waals surface area contributed by atoms with Crippen molar-refractivity contribution < 1.29 is 0 Å². The molecule has 0 amide bonds. The molecule has 0 atom stereocenters. The summed E-state index contributed by atoms with van der Waals surface area (Å²) in [7, 11) is 0. The lowest BCUT2D eigenvalue weighted by atomic mass is 9.95. The molecule has 136 valence electrons. The monoisotopic (exact) mass is 400 g/mol. The lowest BCUT2D eigenvalue weighted by molar-refractivity contribution is 1.56. The van der Waals surface area contributed by atoms with E-state index < -0.39 is 0 Å². The van der Waals surface area contributed by atoms with Crippen LogP contribution in [0.1, 0.15) is 20.9 Å². The third kappa shape index (κ3) is 1.78. The molecule has 0 radical (unpaired) electrons. The lowest BCUT2D eigenvalue weighted by Gasteiger charge is -2.08. The van der Waals surface area contributed by atoms with Crippen LogP contribution >= 0.6 is 22.7 Å². The third-order valence-corrected chi connectivity index (χ3v) is 8.08. The Morgan fingerprint density at radius 2 is 0.929 bits per heavy atom. The van der Waals surface area contributed by atoms with Crippen molar-refractivity contribution in [3.05, 3.63) is 65.6 Å². The van der Waals surface area contributed by atoms with Crippen molar-refractivity contribution in [3.8, 4) is 0 Å². The van der Waals surface area contributed by atoms with Crippen LogP contribution in [0.4, 0.5) is 0 Å². The van der Waals surface area contributed by atoms with Gasteiger partial charge in [0.25, 0.3) is 0 Å². The highest BCUT2D eigenvalue weighted by Crippen LogP contribution is 2.42. The van der Waals surface area contributed by atoms with E-state index in [0.29, 0.717) is 0 Å². The molecule has 2 aromatic heterocycles. The molecule has 0 fully saturated rings. The van der Waals surface area contributed by atoms with Gasteiger partial charge in [0.15, 0.2) is 10.9 Å². The molecule has 0 aliphatic carbocycles. The van der Waals surface area contributed by atoms with Crippen molar-refractivity contribution in [2.24, 2.45) is 0 Å². The zero-order chi connectivity index (χ0) is 19.5. The van der Waals surface area contributed by atoms with Crippen molar-refractivity contribution in [1.29, 1.82) is 0 Å². The van der Waals surface area contributed by atoms with Crippen molar-refractivity contribution >= 4 is 75.2 Å². The fraction of sp³-hybridized carbons (Fsp3) is 0.167. The van der Waals surface area contributed by atoms with Gasteiger partial charge in [-0.1, -0.05) is 0 Å². The second-order valence-electron chi connectivity index (χ2n) is 7.84. The first-order chi connectivity index (χ1) is 13.4. The third-order valence-electron chi connectivity index (χ3n) is 5.95. The minimum Gasteiger partial charge on any atom is -0.289 e. The SMILES string of the molecule is Cc1cc2c(=O)c3c4cc(C)c5c6sc(C)cc6c(=O)c5c4cc(C)c3c2s1. The average Bonchev–Trinajstić information content (AvgIpc) is 3.33. The van der Waals surface area contributed by atoms with Gasteiger partial charge in [0.2, 0.25) is 0 Å². The molecule has 2 nitrogen and oxygen atoms in total. The second kappa shape index (κ2) is 5.07. The Labute approximate surface area is 168 Å². The first-order valence-corrected chi connectivity index (χ1v) is 10.9. The highest BCUT2D eigenvalue weighted by atomic mass is 32.1. The van der Waals surface area contributed by atoms with Crippen LogP contribution in [-0.4, -0.2) is 0 Å². The van der Waals surface area contributed by atoms with Gasteiger partial charge in [-0.2, -0.15) is 0 Å². The molecule has 2 heterocycles. The molecule has 0 saturated carbocycles. The zero-order valence-corrected chi connectivity index (χ0v) is 17.6. The molecule has 6 aromatic rings.